The van der Waals surface area contributed by atoms with Crippen LogP contribution in [0.1, 0.15) is 5.56 Å². The Morgan fingerprint density at radius 2 is 2.19 bits per heavy atom. The van der Waals surface area contributed by atoms with Gasteiger partial charge in [0.2, 0.25) is 0 Å². The molecular weight excluding hydrogens is 277 g/mol. The van der Waals surface area contributed by atoms with Crippen LogP contribution in [0.4, 0.5) is 9.18 Å². The van der Waals surface area contributed by atoms with Gasteiger partial charge in [-0.1, -0.05) is 15.9 Å². The molecule has 0 saturated carbocycles. The molecule has 1 rings (SSSR count). The van der Waals surface area contributed by atoms with Crippen LogP contribution in [0.3, 0.4) is 0 Å². The van der Waals surface area contributed by atoms with E-state index in [4.69, 9.17) is 5.73 Å². The molecule has 0 heterocycles. The van der Waals surface area contributed by atoms with E-state index in [0.29, 0.717) is 25.2 Å². The van der Waals surface area contributed by atoms with Gasteiger partial charge in [0, 0.05) is 29.7 Å². The zero-order chi connectivity index (χ0) is 12.0. The maximum absolute atomic E-state index is 13.3. The van der Waals surface area contributed by atoms with Gasteiger partial charge in [-0.05, 0) is 18.2 Å². The third-order valence-electron chi connectivity index (χ3n) is 1.92. The van der Waals surface area contributed by atoms with Gasteiger partial charge in [0.15, 0.2) is 0 Å². The first-order valence-electron chi connectivity index (χ1n) is 4.77. The van der Waals surface area contributed by atoms with E-state index >= 15 is 0 Å². The largest absolute Gasteiger partial charge is 0.352 e. The molecule has 88 valence electrons. The number of benzene rings is 1. The standard InChI is InChI=1S/C10H13BrFN3O/c11-8-1-2-9(12)7(5-8)6-14-3-4-15-10(13)16/h1-2,5,14H,3-4,6H2,(H3,13,15,16). The van der Waals surface area contributed by atoms with Gasteiger partial charge < -0.3 is 16.4 Å². The third kappa shape index (κ3) is 4.59. The molecule has 0 aromatic heterocycles. The minimum atomic E-state index is -0.560. The van der Waals surface area contributed by atoms with E-state index in [9.17, 15) is 9.18 Å². The fourth-order valence-corrected chi connectivity index (χ4v) is 1.58. The lowest BCUT2D eigenvalue weighted by atomic mass is 10.2. The van der Waals surface area contributed by atoms with E-state index in [1.54, 1.807) is 12.1 Å². The number of carbonyl (C=O) groups excluding carboxylic acids is 1. The van der Waals surface area contributed by atoms with Crippen LogP contribution in [-0.2, 0) is 6.54 Å². The van der Waals surface area contributed by atoms with Gasteiger partial charge in [0.25, 0.3) is 0 Å². The van der Waals surface area contributed by atoms with Crippen molar-refractivity contribution in [3.63, 3.8) is 0 Å². The molecule has 16 heavy (non-hydrogen) atoms. The van der Waals surface area contributed by atoms with Crippen molar-refractivity contribution in [3.8, 4) is 0 Å². The summed E-state index contributed by atoms with van der Waals surface area (Å²) in [6.45, 7) is 1.37. The molecule has 1 aromatic rings. The predicted molar refractivity (Wildman–Crippen MR) is 63.4 cm³/mol. The zero-order valence-electron chi connectivity index (χ0n) is 8.59. The van der Waals surface area contributed by atoms with Crippen molar-refractivity contribution >= 4 is 22.0 Å². The molecule has 0 aliphatic rings. The van der Waals surface area contributed by atoms with Gasteiger partial charge in [0.05, 0.1) is 0 Å². The topological polar surface area (TPSA) is 67.2 Å². The summed E-state index contributed by atoms with van der Waals surface area (Å²) in [5.74, 6) is -0.251. The molecule has 0 radical (unpaired) electrons. The van der Waals surface area contributed by atoms with Gasteiger partial charge in [-0.25, -0.2) is 9.18 Å². The van der Waals surface area contributed by atoms with Crippen molar-refractivity contribution in [3.05, 3.63) is 34.1 Å². The molecule has 4 nitrogen and oxygen atoms in total. The first-order chi connectivity index (χ1) is 7.59. The smallest absolute Gasteiger partial charge is 0.312 e. The molecule has 0 atom stereocenters. The molecule has 6 heteroatoms. The normalized spacial score (nSPS) is 10.1. The lowest BCUT2D eigenvalue weighted by Crippen LogP contribution is -2.35. The summed E-state index contributed by atoms with van der Waals surface area (Å²) in [6, 6.07) is 4.20. The molecule has 4 N–H and O–H groups in total. The Balaban J connectivity index is 2.31. The maximum Gasteiger partial charge on any atom is 0.312 e. The Labute approximate surface area is 102 Å². The molecule has 1 aromatic carbocycles. The van der Waals surface area contributed by atoms with Gasteiger partial charge in [-0.15, -0.1) is 0 Å². The van der Waals surface area contributed by atoms with Crippen molar-refractivity contribution < 1.29 is 9.18 Å². The van der Waals surface area contributed by atoms with Crippen molar-refractivity contribution in [1.29, 1.82) is 0 Å². The summed E-state index contributed by atoms with van der Waals surface area (Å²) >= 11 is 3.27. The van der Waals surface area contributed by atoms with Gasteiger partial charge >= 0.3 is 6.03 Å². The number of halogens is 2. The van der Waals surface area contributed by atoms with Crippen LogP contribution in [0.25, 0.3) is 0 Å². The third-order valence-corrected chi connectivity index (χ3v) is 2.42. The van der Waals surface area contributed by atoms with Crippen LogP contribution in [0.5, 0.6) is 0 Å². The Kier molecular flexibility index (Phi) is 5.21. The Hall–Kier alpha value is -1.14. The van der Waals surface area contributed by atoms with E-state index in [2.05, 4.69) is 26.6 Å². The van der Waals surface area contributed by atoms with Crippen LogP contribution < -0.4 is 16.4 Å². The summed E-state index contributed by atoms with van der Waals surface area (Å²) in [4.78, 5) is 10.3. The van der Waals surface area contributed by atoms with Crippen LogP contribution in [0.15, 0.2) is 22.7 Å². The van der Waals surface area contributed by atoms with E-state index in [-0.39, 0.29) is 5.82 Å². The van der Waals surface area contributed by atoms with Crippen LogP contribution >= 0.6 is 15.9 Å². The number of amides is 2. The summed E-state index contributed by atoms with van der Waals surface area (Å²) in [5.41, 5.74) is 5.46. The predicted octanol–water partition coefficient (Wildman–Crippen LogP) is 1.35. The SMILES string of the molecule is NC(=O)NCCNCc1cc(Br)ccc1F. The molecule has 0 fully saturated rings. The van der Waals surface area contributed by atoms with Crippen molar-refractivity contribution in [2.24, 2.45) is 5.73 Å². The lowest BCUT2D eigenvalue weighted by Gasteiger charge is -2.06. The second-order valence-electron chi connectivity index (χ2n) is 3.20. The number of rotatable bonds is 5. The highest BCUT2D eigenvalue weighted by atomic mass is 79.9. The Morgan fingerprint density at radius 1 is 1.44 bits per heavy atom. The summed E-state index contributed by atoms with van der Waals surface area (Å²) < 4.78 is 14.1. The molecule has 0 bridgehead atoms. The molecule has 0 aliphatic carbocycles. The summed E-state index contributed by atoms with van der Waals surface area (Å²) in [5, 5.41) is 5.43. The molecule has 0 aliphatic heterocycles. The number of nitrogens with one attached hydrogen (secondary N) is 2. The second kappa shape index (κ2) is 6.44. The summed E-state index contributed by atoms with van der Waals surface area (Å²) in [7, 11) is 0. The van der Waals surface area contributed by atoms with Crippen molar-refractivity contribution in [2.45, 2.75) is 6.54 Å². The molecular formula is C10H13BrFN3O. The highest BCUT2D eigenvalue weighted by Crippen LogP contribution is 2.15. The highest BCUT2D eigenvalue weighted by molar-refractivity contribution is 9.10. The number of hydrogen-bond donors (Lipinski definition) is 3. The van der Waals surface area contributed by atoms with Gasteiger partial charge in [0.1, 0.15) is 5.82 Å². The highest BCUT2D eigenvalue weighted by Gasteiger charge is 2.01. The van der Waals surface area contributed by atoms with E-state index < -0.39 is 6.03 Å². The van der Waals surface area contributed by atoms with Crippen LogP contribution in [-0.4, -0.2) is 19.1 Å². The van der Waals surface area contributed by atoms with Crippen LogP contribution in [0.2, 0.25) is 0 Å². The first kappa shape index (κ1) is 12.9. The van der Waals surface area contributed by atoms with Gasteiger partial charge in [-0.2, -0.15) is 0 Å². The number of hydrogen-bond acceptors (Lipinski definition) is 2. The quantitative estimate of drug-likeness (QED) is 0.716. The number of primary amides is 1. The Bertz CT molecular complexity index is 373. The molecule has 0 saturated heterocycles. The van der Waals surface area contributed by atoms with E-state index in [0.717, 1.165) is 4.47 Å². The van der Waals surface area contributed by atoms with Crippen molar-refractivity contribution in [2.75, 3.05) is 13.1 Å². The maximum atomic E-state index is 13.3. The van der Waals surface area contributed by atoms with E-state index in [1.165, 1.54) is 6.07 Å². The number of urea groups is 1. The first-order valence-corrected chi connectivity index (χ1v) is 5.57. The number of carbonyl (C=O) groups is 1. The molecule has 0 spiro atoms. The lowest BCUT2D eigenvalue weighted by molar-refractivity contribution is 0.249. The Morgan fingerprint density at radius 3 is 2.88 bits per heavy atom. The minimum absolute atomic E-state index is 0.251. The second-order valence-corrected chi connectivity index (χ2v) is 4.12. The summed E-state index contributed by atoms with van der Waals surface area (Å²) in [6.07, 6.45) is 0. The number of nitrogens with two attached hydrogens (primary N) is 1. The fraction of sp³-hybridized carbons (Fsp3) is 0.300. The van der Waals surface area contributed by atoms with E-state index in [1.807, 2.05) is 0 Å². The average molecular weight is 290 g/mol. The molecule has 2 amide bonds. The average Bonchev–Trinajstić information content (AvgIpc) is 2.22. The minimum Gasteiger partial charge on any atom is -0.352 e. The van der Waals surface area contributed by atoms with Crippen molar-refractivity contribution in [1.82, 2.24) is 10.6 Å². The van der Waals surface area contributed by atoms with Crippen LogP contribution in [0, 0.1) is 5.82 Å². The molecule has 0 unspecified atom stereocenters. The van der Waals surface area contributed by atoms with Gasteiger partial charge in [-0.3, -0.25) is 0 Å². The zero-order valence-corrected chi connectivity index (χ0v) is 10.2. The fourth-order valence-electron chi connectivity index (χ4n) is 1.18. The monoisotopic (exact) mass is 289 g/mol.